The Morgan fingerprint density at radius 2 is 1.86 bits per heavy atom. The molecule has 0 aliphatic heterocycles. The van der Waals surface area contributed by atoms with Crippen molar-refractivity contribution in [2.45, 2.75) is 33.2 Å². The molecule has 0 spiro atoms. The van der Waals surface area contributed by atoms with Gasteiger partial charge in [-0.25, -0.2) is 8.78 Å². The van der Waals surface area contributed by atoms with Gasteiger partial charge in [0.15, 0.2) is 0 Å². The third-order valence-corrected chi connectivity index (χ3v) is 1.97. The van der Waals surface area contributed by atoms with Gasteiger partial charge in [0.2, 0.25) is 5.91 Å². The quantitative estimate of drug-likeness (QED) is 0.683. The van der Waals surface area contributed by atoms with Crippen LogP contribution in [0.3, 0.4) is 0 Å². The first-order chi connectivity index (χ1) is 6.43. The lowest BCUT2D eigenvalue weighted by atomic mass is 10.1. The molecule has 3 nitrogen and oxygen atoms in total. The molecular formula is C9H18F2N2O. The summed E-state index contributed by atoms with van der Waals surface area (Å²) in [5, 5.41) is 5.07. The van der Waals surface area contributed by atoms with E-state index < -0.39 is 13.0 Å². The van der Waals surface area contributed by atoms with Crippen LogP contribution in [-0.4, -0.2) is 31.5 Å². The third kappa shape index (κ3) is 6.77. The van der Waals surface area contributed by atoms with Gasteiger partial charge in [0, 0.05) is 6.04 Å². The Morgan fingerprint density at radius 3 is 2.29 bits per heavy atom. The van der Waals surface area contributed by atoms with Gasteiger partial charge in [0.1, 0.15) is 0 Å². The van der Waals surface area contributed by atoms with Gasteiger partial charge < -0.3 is 10.6 Å². The molecule has 1 atom stereocenters. The molecule has 0 aliphatic carbocycles. The van der Waals surface area contributed by atoms with E-state index in [0.717, 1.165) is 0 Å². The topological polar surface area (TPSA) is 41.1 Å². The molecule has 0 fully saturated rings. The molecule has 0 bridgehead atoms. The molecule has 0 aromatic rings. The van der Waals surface area contributed by atoms with E-state index in [1.807, 2.05) is 20.8 Å². The maximum absolute atomic E-state index is 11.7. The van der Waals surface area contributed by atoms with Crippen LogP contribution in [0.2, 0.25) is 0 Å². The number of nitrogens with one attached hydrogen (secondary N) is 2. The number of carbonyl (C=O) groups excluding carboxylic acids is 1. The van der Waals surface area contributed by atoms with Crippen LogP contribution in [-0.2, 0) is 4.79 Å². The van der Waals surface area contributed by atoms with Crippen LogP contribution >= 0.6 is 0 Å². The summed E-state index contributed by atoms with van der Waals surface area (Å²) in [5.74, 6) is 0.0981. The van der Waals surface area contributed by atoms with Gasteiger partial charge in [-0.15, -0.1) is 0 Å². The average molecular weight is 208 g/mol. The van der Waals surface area contributed by atoms with Crippen molar-refractivity contribution >= 4 is 5.91 Å². The van der Waals surface area contributed by atoms with Crippen molar-refractivity contribution in [1.82, 2.24) is 10.6 Å². The first-order valence-electron chi connectivity index (χ1n) is 4.71. The Hall–Kier alpha value is -0.710. The highest BCUT2D eigenvalue weighted by Gasteiger charge is 2.10. The molecule has 2 N–H and O–H groups in total. The summed E-state index contributed by atoms with van der Waals surface area (Å²) < 4.78 is 23.4. The molecule has 0 radical (unpaired) electrons. The lowest BCUT2D eigenvalue weighted by molar-refractivity contribution is -0.121. The fourth-order valence-corrected chi connectivity index (χ4v) is 0.766. The van der Waals surface area contributed by atoms with Crippen LogP contribution < -0.4 is 10.6 Å². The Balaban J connectivity index is 3.55. The summed E-state index contributed by atoms with van der Waals surface area (Å²) in [6.45, 7) is 5.36. The van der Waals surface area contributed by atoms with Gasteiger partial charge in [0.25, 0.3) is 6.43 Å². The SMILES string of the molecule is CC(C)C(C)NC(=O)CNCC(F)F. The maximum atomic E-state index is 11.7. The first kappa shape index (κ1) is 13.3. The highest BCUT2D eigenvalue weighted by atomic mass is 19.3. The number of rotatable bonds is 6. The number of alkyl halides is 2. The minimum atomic E-state index is -2.41. The number of hydrogen-bond acceptors (Lipinski definition) is 2. The summed E-state index contributed by atoms with van der Waals surface area (Å²) in [4.78, 5) is 11.1. The zero-order valence-electron chi connectivity index (χ0n) is 8.81. The molecule has 0 heterocycles. The van der Waals surface area contributed by atoms with Crippen LogP contribution in [0.15, 0.2) is 0 Å². The number of carbonyl (C=O) groups is 1. The molecule has 0 aliphatic rings. The Kier molecular flexibility index (Phi) is 6.36. The number of halogens is 2. The smallest absolute Gasteiger partial charge is 0.250 e. The van der Waals surface area contributed by atoms with Gasteiger partial charge in [-0.3, -0.25) is 4.79 Å². The second kappa shape index (κ2) is 6.70. The Bertz CT molecular complexity index is 174. The average Bonchev–Trinajstić information content (AvgIpc) is 2.02. The third-order valence-electron chi connectivity index (χ3n) is 1.97. The minimum absolute atomic E-state index is 0.0542. The first-order valence-corrected chi connectivity index (χ1v) is 4.71. The number of hydrogen-bond donors (Lipinski definition) is 2. The van der Waals surface area contributed by atoms with E-state index in [-0.39, 0.29) is 18.5 Å². The summed E-state index contributed by atoms with van der Waals surface area (Å²) in [6, 6.07) is 0.0656. The van der Waals surface area contributed by atoms with Crippen molar-refractivity contribution in [2.75, 3.05) is 13.1 Å². The van der Waals surface area contributed by atoms with E-state index >= 15 is 0 Å². The Labute approximate surface area is 83.3 Å². The molecule has 0 rings (SSSR count). The predicted octanol–water partition coefficient (Wildman–Crippen LogP) is 1.00. The van der Waals surface area contributed by atoms with Gasteiger partial charge in [0.05, 0.1) is 13.1 Å². The van der Waals surface area contributed by atoms with Crippen molar-refractivity contribution in [3.8, 4) is 0 Å². The van der Waals surface area contributed by atoms with Crippen LogP contribution in [0.4, 0.5) is 8.78 Å². The van der Waals surface area contributed by atoms with Crippen LogP contribution in [0.1, 0.15) is 20.8 Å². The lowest BCUT2D eigenvalue weighted by Gasteiger charge is -2.17. The minimum Gasteiger partial charge on any atom is -0.352 e. The number of amides is 1. The van der Waals surface area contributed by atoms with Crippen LogP contribution in [0, 0.1) is 5.92 Å². The fraction of sp³-hybridized carbons (Fsp3) is 0.889. The standard InChI is InChI=1S/C9H18F2N2O/c1-6(2)7(3)13-9(14)5-12-4-8(10)11/h6-8,12H,4-5H2,1-3H3,(H,13,14). The van der Waals surface area contributed by atoms with Gasteiger partial charge >= 0.3 is 0 Å². The summed E-state index contributed by atoms with van der Waals surface area (Å²) in [6.07, 6.45) is -2.41. The van der Waals surface area contributed by atoms with Crippen molar-refractivity contribution in [1.29, 1.82) is 0 Å². The summed E-state index contributed by atoms with van der Waals surface area (Å²) >= 11 is 0. The lowest BCUT2D eigenvalue weighted by Crippen LogP contribution is -2.42. The highest BCUT2D eigenvalue weighted by Crippen LogP contribution is 1.98. The van der Waals surface area contributed by atoms with Gasteiger partial charge in [-0.1, -0.05) is 13.8 Å². The van der Waals surface area contributed by atoms with E-state index in [4.69, 9.17) is 0 Å². The molecule has 0 saturated carbocycles. The molecule has 1 amide bonds. The monoisotopic (exact) mass is 208 g/mol. The van der Waals surface area contributed by atoms with Crippen molar-refractivity contribution in [3.63, 3.8) is 0 Å². The second-order valence-electron chi connectivity index (χ2n) is 3.62. The fourth-order valence-electron chi connectivity index (χ4n) is 0.766. The van der Waals surface area contributed by atoms with Crippen LogP contribution in [0.5, 0.6) is 0 Å². The van der Waals surface area contributed by atoms with Crippen molar-refractivity contribution in [2.24, 2.45) is 5.92 Å². The maximum Gasteiger partial charge on any atom is 0.250 e. The summed E-state index contributed by atoms with van der Waals surface area (Å²) in [5.41, 5.74) is 0. The largest absolute Gasteiger partial charge is 0.352 e. The van der Waals surface area contributed by atoms with Crippen molar-refractivity contribution in [3.05, 3.63) is 0 Å². The zero-order valence-corrected chi connectivity index (χ0v) is 8.81. The van der Waals surface area contributed by atoms with Gasteiger partial charge in [-0.05, 0) is 12.8 Å². The molecule has 5 heteroatoms. The van der Waals surface area contributed by atoms with Gasteiger partial charge in [-0.2, -0.15) is 0 Å². The molecule has 14 heavy (non-hydrogen) atoms. The normalized spacial score (nSPS) is 13.4. The van der Waals surface area contributed by atoms with E-state index in [1.165, 1.54) is 0 Å². The molecule has 1 unspecified atom stereocenters. The molecule has 0 saturated heterocycles. The molecule has 0 aromatic heterocycles. The predicted molar refractivity (Wildman–Crippen MR) is 51.3 cm³/mol. The second-order valence-corrected chi connectivity index (χ2v) is 3.62. The van der Waals surface area contributed by atoms with E-state index in [9.17, 15) is 13.6 Å². The summed E-state index contributed by atoms with van der Waals surface area (Å²) in [7, 11) is 0. The van der Waals surface area contributed by atoms with E-state index in [2.05, 4.69) is 10.6 Å². The zero-order chi connectivity index (χ0) is 11.1. The molecule has 0 aromatic carbocycles. The van der Waals surface area contributed by atoms with E-state index in [1.54, 1.807) is 0 Å². The highest BCUT2D eigenvalue weighted by molar-refractivity contribution is 5.78. The molecular weight excluding hydrogens is 190 g/mol. The molecule has 84 valence electrons. The van der Waals surface area contributed by atoms with Crippen LogP contribution in [0.25, 0.3) is 0 Å². The Morgan fingerprint density at radius 1 is 1.29 bits per heavy atom. The van der Waals surface area contributed by atoms with E-state index in [0.29, 0.717) is 5.92 Å². The van der Waals surface area contributed by atoms with Crippen molar-refractivity contribution < 1.29 is 13.6 Å².